The molecule has 2 aromatic carbocycles. The number of amides is 1. The van der Waals surface area contributed by atoms with Crippen LogP contribution < -0.4 is 5.48 Å². The van der Waals surface area contributed by atoms with Gasteiger partial charge in [-0.1, -0.05) is 17.3 Å². The molecule has 1 amide bonds. The fraction of sp³-hybridized carbons (Fsp3) is 0.0714. The van der Waals surface area contributed by atoms with Crippen LogP contribution in [0.1, 0.15) is 15.9 Å². The van der Waals surface area contributed by atoms with Crippen LogP contribution in [-0.4, -0.2) is 26.1 Å². The van der Waals surface area contributed by atoms with Crippen molar-refractivity contribution in [3.05, 3.63) is 57.2 Å². The third kappa shape index (κ3) is 2.88. The molecule has 6 nitrogen and oxygen atoms in total. The van der Waals surface area contributed by atoms with Gasteiger partial charge in [0.25, 0.3) is 5.91 Å². The van der Waals surface area contributed by atoms with E-state index in [9.17, 15) is 4.79 Å². The lowest BCUT2D eigenvalue weighted by molar-refractivity contribution is 0.0706. The zero-order chi connectivity index (χ0) is 14.8. The number of hydrogen-bond acceptors (Lipinski definition) is 4. The van der Waals surface area contributed by atoms with Gasteiger partial charge in [-0.2, -0.15) is 0 Å². The molecule has 3 rings (SSSR count). The molecule has 0 aliphatic heterocycles. The molecule has 0 unspecified atom stereocenters. The van der Waals surface area contributed by atoms with Gasteiger partial charge in [0.05, 0.1) is 12.1 Å². The summed E-state index contributed by atoms with van der Waals surface area (Å²) in [6.07, 6.45) is 0. The zero-order valence-electron chi connectivity index (χ0n) is 10.8. The molecular weight excluding hydrogens is 383 g/mol. The third-order valence-corrected chi connectivity index (χ3v) is 3.80. The Kier molecular flexibility index (Phi) is 3.84. The second-order valence-electron chi connectivity index (χ2n) is 4.52. The zero-order valence-corrected chi connectivity index (χ0v) is 13.0. The van der Waals surface area contributed by atoms with Crippen LogP contribution in [0, 0.1) is 3.57 Å². The van der Waals surface area contributed by atoms with Crippen molar-refractivity contribution in [2.75, 3.05) is 0 Å². The number of nitrogens with zero attached hydrogens (tertiary/aromatic N) is 3. The number of carbonyl (C=O) groups is 1. The van der Waals surface area contributed by atoms with Gasteiger partial charge in [0.15, 0.2) is 0 Å². The average Bonchev–Trinajstić information content (AvgIpc) is 2.89. The van der Waals surface area contributed by atoms with Crippen molar-refractivity contribution < 1.29 is 10.0 Å². The van der Waals surface area contributed by atoms with Gasteiger partial charge in [-0.15, -0.1) is 5.10 Å². The SMILES string of the molecule is O=C(NO)c1ccc(Cn2nnc3cc(I)ccc32)cc1. The van der Waals surface area contributed by atoms with Crippen LogP contribution >= 0.6 is 22.6 Å². The Morgan fingerprint density at radius 1 is 1.24 bits per heavy atom. The molecule has 2 N–H and O–H groups in total. The molecular formula is C14H11IN4O2. The van der Waals surface area contributed by atoms with E-state index in [1.807, 2.05) is 35.0 Å². The number of hydroxylamine groups is 1. The maximum absolute atomic E-state index is 11.3. The van der Waals surface area contributed by atoms with Crippen molar-refractivity contribution in [1.29, 1.82) is 0 Å². The molecule has 0 aliphatic carbocycles. The minimum Gasteiger partial charge on any atom is -0.288 e. The third-order valence-electron chi connectivity index (χ3n) is 3.13. The summed E-state index contributed by atoms with van der Waals surface area (Å²) in [5.41, 5.74) is 4.83. The number of halogens is 1. The van der Waals surface area contributed by atoms with Crippen LogP contribution in [-0.2, 0) is 6.54 Å². The predicted molar refractivity (Wildman–Crippen MR) is 85.0 cm³/mol. The molecule has 0 aliphatic rings. The first kappa shape index (κ1) is 14.0. The summed E-state index contributed by atoms with van der Waals surface area (Å²) in [7, 11) is 0. The van der Waals surface area contributed by atoms with Gasteiger partial charge in [0.1, 0.15) is 5.52 Å². The summed E-state index contributed by atoms with van der Waals surface area (Å²) in [5, 5.41) is 16.9. The Labute approximate surface area is 133 Å². The molecule has 1 aromatic heterocycles. The van der Waals surface area contributed by atoms with Gasteiger partial charge in [0, 0.05) is 9.13 Å². The molecule has 1 heterocycles. The highest BCUT2D eigenvalue weighted by Gasteiger charge is 2.07. The molecule has 0 bridgehead atoms. The number of fused-ring (bicyclic) bond motifs is 1. The van der Waals surface area contributed by atoms with Crippen LogP contribution in [0.3, 0.4) is 0 Å². The van der Waals surface area contributed by atoms with E-state index in [0.717, 1.165) is 20.2 Å². The van der Waals surface area contributed by atoms with E-state index >= 15 is 0 Å². The topological polar surface area (TPSA) is 80.0 Å². The average molecular weight is 394 g/mol. The molecule has 0 saturated carbocycles. The number of carbonyl (C=O) groups excluding carboxylic acids is 1. The van der Waals surface area contributed by atoms with Crippen LogP contribution in [0.5, 0.6) is 0 Å². The van der Waals surface area contributed by atoms with E-state index in [0.29, 0.717) is 12.1 Å². The van der Waals surface area contributed by atoms with Crippen molar-refractivity contribution in [2.45, 2.75) is 6.54 Å². The molecule has 0 atom stereocenters. The quantitative estimate of drug-likeness (QED) is 0.406. The lowest BCUT2D eigenvalue weighted by atomic mass is 10.1. The molecule has 106 valence electrons. The lowest BCUT2D eigenvalue weighted by Gasteiger charge is -2.04. The summed E-state index contributed by atoms with van der Waals surface area (Å²) < 4.78 is 2.93. The predicted octanol–water partition coefficient (Wildman–Crippen LogP) is 2.20. The number of nitrogens with one attached hydrogen (secondary N) is 1. The van der Waals surface area contributed by atoms with Crippen LogP contribution in [0.15, 0.2) is 42.5 Å². The highest BCUT2D eigenvalue weighted by Crippen LogP contribution is 2.16. The van der Waals surface area contributed by atoms with Gasteiger partial charge in [-0.05, 0) is 58.5 Å². The molecule has 0 radical (unpaired) electrons. The minimum atomic E-state index is -0.526. The van der Waals surface area contributed by atoms with Crippen LogP contribution in [0.2, 0.25) is 0 Å². The molecule has 0 spiro atoms. The summed E-state index contributed by atoms with van der Waals surface area (Å²) in [6.45, 7) is 0.568. The van der Waals surface area contributed by atoms with Gasteiger partial charge >= 0.3 is 0 Å². The van der Waals surface area contributed by atoms with Crippen molar-refractivity contribution in [1.82, 2.24) is 20.5 Å². The normalized spacial score (nSPS) is 10.8. The smallest absolute Gasteiger partial charge is 0.274 e. The first-order chi connectivity index (χ1) is 10.2. The summed E-state index contributed by atoms with van der Waals surface area (Å²) in [5.74, 6) is -0.526. The molecule has 0 fully saturated rings. The van der Waals surface area contributed by atoms with E-state index in [1.165, 1.54) is 0 Å². The van der Waals surface area contributed by atoms with E-state index in [1.54, 1.807) is 17.6 Å². The number of benzene rings is 2. The fourth-order valence-electron chi connectivity index (χ4n) is 2.06. The Bertz CT molecular complexity index is 798. The maximum atomic E-state index is 11.3. The number of aromatic nitrogens is 3. The van der Waals surface area contributed by atoms with Gasteiger partial charge in [-0.3, -0.25) is 10.0 Å². The second-order valence-corrected chi connectivity index (χ2v) is 5.76. The minimum absolute atomic E-state index is 0.402. The summed E-state index contributed by atoms with van der Waals surface area (Å²) in [4.78, 5) is 11.3. The maximum Gasteiger partial charge on any atom is 0.274 e. The second kappa shape index (κ2) is 5.78. The van der Waals surface area contributed by atoms with Crippen molar-refractivity contribution in [2.24, 2.45) is 0 Å². The molecule has 0 saturated heterocycles. The van der Waals surface area contributed by atoms with Crippen LogP contribution in [0.25, 0.3) is 11.0 Å². The molecule has 3 aromatic rings. The van der Waals surface area contributed by atoms with Gasteiger partial charge < -0.3 is 0 Å². The first-order valence-electron chi connectivity index (χ1n) is 6.19. The monoisotopic (exact) mass is 394 g/mol. The van der Waals surface area contributed by atoms with Gasteiger partial charge in [0.2, 0.25) is 0 Å². The van der Waals surface area contributed by atoms with Crippen molar-refractivity contribution in [3.8, 4) is 0 Å². The molecule has 21 heavy (non-hydrogen) atoms. The van der Waals surface area contributed by atoms with Crippen LogP contribution in [0.4, 0.5) is 0 Å². The first-order valence-corrected chi connectivity index (χ1v) is 7.27. The largest absolute Gasteiger partial charge is 0.288 e. The van der Waals surface area contributed by atoms with Crippen molar-refractivity contribution in [3.63, 3.8) is 0 Å². The Morgan fingerprint density at radius 3 is 2.71 bits per heavy atom. The van der Waals surface area contributed by atoms with E-state index in [4.69, 9.17) is 5.21 Å². The van der Waals surface area contributed by atoms with E-state index < -0.39 is 5.91 Å². The summed E-state index contributed by atoms with van der Waals surface area (Å²) >= 11 is 2.24. The highest BCUT2D eigenvalue weighted by atomic mass is 127. The summed E-state index contributed by atoms with van der Waals surface area (Å²) in [6, 6.07) is 12.9. The van der Waals surface area contributed by atoms with Gasteiger partial charge in [-0.25, -0.2) is 10.2 Å². The lowest BCUT2D eigenvalue weighted by Crippen LogP contribution is -2.18. The Hall–Kier alpha value is -2.00. The Balaban J connectivity index is 1.86. The van der Waals surface area contributed by atoms with E-state index in [-0.39, 0.29) is 0 Å². The fourth-order valence-corrected chi connectivity index (χ4v) is 2.54. The Morgan fingerprint density at radius 2 is 2.00 bits per heavy atom. The standard InChI is InChI=1S/C14H11IN4O2/c15-11-5-6-13-12(7-11)16-18-19(13)8-9-1-3-10(4-2-9)14(20)17-21/h1-7,21H,8H2,(H,17,20). The number of hydrogen-bond donors (Lipinski definition) is 2. The molecule has 7 heteroatoms. The highest BCUT2D eigenvalue weighted by molar-refractivity contribution is 14.1. The number of rotatable bonds is 3. The van der Waals surface area contributed by atoms with Crippen molar-refractivity contribution >= 4 is 39.5 Å². The van der Waals surface area contributed by atoms with E-state index in [2.05, 4.69) is 32.9 Å².